The van der Waals surface area contributed by atoms with Crippen molar-refractivity contribution >= 4 is 5.69 Å². The average molecular weight is 252 g/mol. The van der Waals surface area contributed by atoms with Crippen molar-refractivity contribution < 1.29 is 22.0 Å². The molecule has 1 saturated carbocycles. The molecular weight excluding hydrogens is 243 g/mol. The van der Waals surface area contributed by atoms with Crippen LogP contribution < -0.4 is 5.32 Å². The van der Waals surface area contributed by atoms with Crippen LogP contribution in [0, 0.1) is 11.9 Å². The van der Waals surface area contributed by atoms with Gasteiger partial charge in [0.25, 0.3) is 0 Å². The lowest BCUT2D eigenvalue weighted by atomic mass is 9.76. The molecule has 0 aliphatic heterocycles. The fourth-order valence-corrected chi connectivity index (χ4v) is 1.77. The molecule has 0 amide bonds. The van der Waals surface area contributed by atoms with Crippen molar-refractivity contribution in [1.82, 2.24) is 4.98 Å². The first kappa shape index (κ1) is 12.1. The number of halogens is 5. The van der Waals surface area contributed by atoms with Crippen LogP contribution >= 0.6 is 0 Å². The van der Waals surface area contributed by atoms with Gasteiger partial charge in [0.1, 0.15) is 5.54 Å². The quantitative estimate of drug-likeness (QED) is 0.645. The van der Waals surface area contributed by atoms with E-state index in [0.717, 1.165) is 12.1 Å². The van der Waals surface area contributed by atoms with E-state index in [2.05, 4.69) is 10.3 Å². The van der Waals surface area contributed by atoms with Gasteiger partial charge in [-0.25, -0.2) is 0 Å². The van der Waals surface area contributed by atoms with E-state index in [9.17, 15) is 22.0 Å². The highest BCUT2D eigenvalue weighted by molar-refractivity contribution is 5.46. The standard InChI is InChI=1S/C10H9F5N2/c11-7-3-2-6(8(12)16-7)17-9(4-1-5-9)10(13,14)15/h2-3,17H,1,4-5H2. The number of anilines is 1. The molecule has 17 heavy (non-hydrogen) atoms. The minimum atomic E-state index is -4.47. The Labute approximate surface area is 93.8 Å². The molecule has 0 aromatic carbocycles. The zero-order valence-electron chi connectivity index (χ0n) is 8.61. The molecule has 2 nitrogen and oxygen atoms in total. The van der Waals surface area contributed by atoms with Crippen molar-refractivity contribution in [3.05, 3.63) is 24.0 Å². The van der Waals surface area contributed by atoms with E-state index in [0.29, 0.717) is 6.42 Å². The summed E-state index contributed by atoms with van der Waals surface area (Å²) in [4.78, 5) is 2.83. The van der Waals surface area contributed by atoms with Gasteiger partial charge in [0.2, 0.25) is 11.9 Å². The summed E-state index contributed by atoms with van der Waals surface area (Å²) in [6.45, 7) is 0. The third-order valence-electron chi connectivity index (χ3n) is 2.94. The van der Waals surface area contributed by atoms with Gasteiger partial charge in [-0.1, -0.05) is 0 Å². The molecule has 94 valence electrons. The number of hydrogen-bond acceptors (Lipinski definition) is 2. The van der Waals surface area contributed by atoms with Crippen molar-refractivity contribution in [3.63, 3.8) is 0 Å². The van der Waals surface area contributed by atoms with Crippen LogP contribution in [0.15, 0.2) is 12.1 Å². The van der Waals surface area contributed by atoms with Gasteiger partial charge < -0.3 is 5.32 Å². The Kier molecular flexibility index (Phi) is 2.71. The van der Waals surface area contributed by atoms with Crippen LogP contribution in [0.2, 0.25) is 0 Å². The predicted octanol–water partition coefficient (Wildman–Crippen LogP) is 3.26. The highest BCUT2D eigenvalue weighted by atomic mass is 19.4. The van der Waals surface area contributed by atoms with Crippen molar-refractivity contribution in [2.45, 2.75) is 31.0 Å². The summed E-state index contributed by atoms with van der Waals surface area (Å²) >= 11 is 0. The van der Waals surface area contributed by atoms with E-state index in [-0.39, 0.29) is 12.8 Å². The number of hydrogen-bond donors (Lipinski definition) is 1. The molecule has 0 spiro atoms. The third kappa shape index (κ3) is 2.05. The summed E-state index contributed by atoms with van der Waals surface area (Å²) in [6, 6.07) is 1.73. The summed E-state index contributed by atoms with van der Waals surface area (Å²) in [6.07, 6.45) is -4.28. The van der Waals surface area contributed by atoms with E-state index in [1.54, 1.807) is 0 Å². The maximum atomic E-state index is 13.1. The fourth-order valence-electron chi connectivity index (χ4n) is 1.77. The molecule has 1 N–H and O–H groups in total. The number of pyridine rings is 1. The number of alkyl halides is 3. The number of rotatable bonds is 2. The van der Waals surface area contributed by atoms with Crippen molar-refractivity contribution in [3.8, 4) is 0 Å². The summed E-state index contributed by atoms with van der Waals surface area (Å²) < 4.78 is 64.0. The first-order valence-corrected chi connectivity index (χ1v) is 5.01. The summed E-state index contributed by atoms with van der Waals surface area (Å²) in [5.74, 6) is -2.33. The lowest BCUT2D eigenvalue weighted by Crippen LogP contribution is -2.57. The normalized spacial score (nSPS) is 18.6. The van der Waals surface area contributed by atoms with E-state index in [1.165, 1.54) is 0 Å². The van der Waals surface area contributed by atoms with Crippen molar-refractivity contribution in [2.75, 3.05) is 5.32 Å². The number of nitrogens with zero attached hydrogens (tertiary/aromatic N) is 1. The molecule has 0 saturated heterocycles. The smallest absolute Gasteiger partial charge is 0.368 e. The van der Waals surface area contributed by atoms with Gasteiger partial charge in [-0.15, -0.1) is 0 Å². The second kappa shape index (κ2) is 3.82. The van der Waals surface area contributed by atoms with E-state index >= 15 is 0 Å². The van der Waals surface area contributed by atoms with Crippen molar-refractivity contribution in [1.29, 1.82) is 0 Å². The van der Waals surface area contributed by atoms with Gasteiger partial charge in [-0.2, -0.15) is 26.9 Å². The van der Waals surface area contributed by atoms with Gasteiger partial charge in [-0.3, -0.25) is 0 Å². The van der Waals surface area contributed by atoms with Gasteiger partial charge in [0.05, 0.1) is 5.69 Å². The molecule has 0 bridgehead atoms. The summed E-state index contributed by atoms with van der Waals surface area (Å²) in [5.41, 5.74) is -2.53. The molecular formula is C10H9F5N2. The molecule has 7 heteroatoms. The fraction of sp³-hybridized carbons (Fsp3) is 0.500. The predicted molar refractivity (Wildman–Crippen MR) is 50.4 cm³/mol. The summed E-state index contributed by atoms with van der Waals surface area (Å²) in [7, 11) is 0. The Morgan fingerprint density at radius 2 is 1.82 bits per heavy atom. The van der Waals surface area contributed by atoms with Crippen LogP contribution in [0.1, 0.15) is 19.3 Å². The van der Waals surface area contributed by atoms with Crippen LogP contribution in [0.3, 0.4) is 0 Å². The van der Waals surface area contributed by atoms with Gasteiger partial charge in [-0.05, 0) is 31.4 Å². The molecule has 1 aromatic rings. The lowest BCUT2D eigenvalue weighted by molar-refractivity contribution is -0.198. The minimum Gasteiger partial charge on any atom is -0.368 e. The SMILES string of the molecule is Fc1ccc(NC2(C(F)(F)F)CCC2)c(F)n1. The first-order valence-electron chi connectivity index (χ1n) is 5.01. The zero-order valence-corrected chi connectivity index (χ0v) is 8.61. The largest absolute Gasteiger partial charge is 0.411 e. The second-order valence-electron chi connectivity index (χ2n) is 4.03. The zero-order chi connectivity index (χ0) is 12.7. The second-order valence-corrected chi connectivity index (χ2v) is 4.03. The molecule has 0 radical (unpaired) electrons. The highest BCUT2D eigenvalue weighted by Crippen LogP contribution is 2.47. The Hall–Kier alpha value is -1.40. The Morgan fingerprint density at radius 1 is 1.18 bits per heavy atom. The highest BCUT2D eigenvalue weighted by Gasteiger charge is 2.58. The van der Waals surface area contributed by atoms with E-state index in [4.69, 9.17) is 0 Å². The van der Waals surface area contributed by atoms with Crippen LogP contribution in [0.25, 0.3) is 0 Å². The molecule has 2 rings (SSSR count). The molecule has 0 unspecified atom stereocenters. The van der Waals surface area contributed by atoms with E-state index in [1.807, 2.05) is 0 Å². The van der Waals surface area contributed by atoms with Gasteiger partial charge >= 0.3 is 6.18 Å². The molecule has 0 atom stereocenters. The minimum absolute atomic E-state index is 0.118. The Balaban J connectivity index is 2.25. The maximum absolute atomic E-state index is 13.1. The topological polar surface area (TPSA) is 24.9 Å². The molecule has 1 aliphatic carbocycles. The van der Waals surface area contributed by atoms with E-state index < -0.39 is 29.3 Å². The third-order valence-corrected chi connectivity index (χ3v) is 2.94. The van der Waals surface area contributed by atoms with Crippen LogP contribution in [-0.2, 0) is 0 Å². The summed E-state index contributed by atoms with van der Waals surface area (Å²) in [5, 5.41) is 2.10. The Bertz CT molecular complexity index is 425. The Morgan fingerprint density at radius 3 is 2.24 bits per heavy atom. The first-order chi connectivity index (χ1) is 7.84. The molecule has 1 heterocycles. The van der Waals surface area contributed by atoms with Crippen LogP contribution in [0.5, 0.6) is 0 Å². The molecule has 1 fully saturated rings. The van der Waals surface area contributed by atoms with Gasteiger partial charge in [0, 0.05) is 0 Å². The van der Waals surface area contributed by atoms with Gasteiger partial charge in [0.15, 0.2) is 0 Å². The van der Waals surface area contributed by atoms with Crippen molar-refractivity contribution in [2.24, 2.45) is 0 Å². The lowest BCUT2D eigenvalue weighted by Gasteiger charge is -2.44. The van der Waals surface area contributed by atoms with Crippen LogP contribution in [0.4, 0.5) is 27.6 Å². The molecule has 1 aromatic heterocycles. The number of nitrogens with one attached hydrogen (secondary N) is 1. The monoisotopic (exact) mass is 252 g/mol. The average Bonchev–Trinajstić information content (AvgIpc) is 2.11. The molecule has 1 aliphatic rings. The number of aromatic nitrogens is 1. The maximum Gasteiger partial charge on any atom is 0.411 e. The van der Waals surface area contributed by atoms with Crippen LogP contribution in [-0.4, -0.2) is 16.7 Å².